The van der Waals surface area contributed by atoms with E-state index < -0.39 is 11.9 Å². The van der Waals surface area contributed by atoms with Crippen molar-refractivity contribution >= 4 is 29.1 Å². The molecule has 10 nitrogen and oxygen atoms in total. The number of amides is 3. The van der Waals surface area contributed by atoms with Crippen LogP contribution in [0.2, 0.25) is 0 Å². The van der Waals surface area contributed by atoms with Crippen LogP contribution in [-0.2, 0) is 29.3 Å². The molecule has 11 heteroatoms. The lowest BCUT2D eigenvalue weighted by Gasteiger charge is -2.36. The molecule has 0 spiro atoms. The zero-order chi connectivity index (χ0) is 30.8. The molecule has 3 aromatic rings. The number of carbonyl (C=O) groups is 3. The summed E-state index contributed by atoms with van der Waals surface area (Å²) in [6.45, 7) is 11.2. The van der Waals surface area contributed by atoms with Crippen LogP contribution in [0, 0.1) is 12.4 Å². The van der Waals surface area contributed by atoms with Crippen LogP contribution in [0.4, 0.5) is 15.8 Å². The average molecular weight is 598 g/mol. The second kappa shape index (κ2) is 12.3. The number of hydrogen-bond donors (Lipinski definition) is 1. The van der Waals surface area contributed by atoms with Crippen LogP contribution >= 0.6 is 0 Å². The number of nitrogens with zero attached hydrogens (tertiary/aromatic N) is 4. The fraction of sp³-hybridized carbons (Fsp3) is 0.333. The summed E-state index contributed by atoms with van der Waals surface area (Å²) in [7, 11) is 1.56. The molecule has 6 rings (SSSR count). The van der Waals surface area contributed by atoms with Gasteiger partial charge in [0.15, 0.2) is 0 Å². The summed E-state index contributed by atoms with van der Waals surface area (Å²) in [6, 6.07) is 15.2. The van der Waals surface area contributed by atoms with Gasteiger partial charge in [-0.15, -0.1) is 0 Å². The Labute approximate surface area is 254 Å². The summed E-state index contributed by atoms with van der Waals surface area (Å²) in [4.78, 5) is 46.4. The Morgan fingerprint density at radius 3 is 2.57 bits per heavy atom. The molecule has 0 bridgehead atoms. The molecule has 0 saturated carbocycles. The summed E-state index contributed by atoms with van der Waals surface area (Å²) >= 11 is 0. The van der Waals surface area contributed by atoms with Crippen LogP contribution in [0.5, 0.6) is 11.5 Å². The van der Waals surface area contributed by atoms with Crippen molar-refractivity contribution in [1.29, 1.82) is 0 Å². The maximum absolute atomic E-state index is 15.2. The summed E-state index contributed by atoms with van der Waals surface area (Å²) in [5.41, 5.74) is 3.90. The van der Waals surface area contributed by atoms with Gasteiger partial charge in [-0.05, 0) is 42.3 Å². The molecule has 1 atom stereocenters. The predicted molar refractivity (Wildman–Crippen MR) is 160 cm³/mol. The molecule has 44 heavy (non-hydrogen) atoms. The summed E-state index contributed by atoms with van der Waals surface area (Å²) in [5.74, 6) is -0.295. The van der Waals surface area contributed by atoms with Gasteiger partial charge in [0.1, 0.15) is 30.0 Å². The zero-order valence-corrected chi connectivity index (χ0v) is 24.3. The van der Waals surface area contributed by atoms with Gasteiger partial charge < -0.3 is 19.3 Å². The highest BCUT2D eigenvalue weighted by atomic mass is 19.1. The molecular weight excluding hydrogens is 565 g/mol. The molecule has 0 unspecified atom stereocenters. The van der Waals surface area contributed by atoms with Crippen LogP contribution in [0.25, 0.3) is 4.85 Å². The summed E-state index contributed by atoms with van der Waals surface area (Å²) in [5, 5.41) is 2.31. The first-order chi connectivity index (χ1) is 21.3. The molecule has 3 amide bonds. The molecule has 0 aromatic heterocycles. The Hall–Kier alpha value is -4.95. The predicted octanol–water partition coefficient (Wildman–Crippen LogP) is 4.05. The Balaban J connectivity index is 1.05. The molecule has 2 fully saturated rings. The number of piperidine rings is 1. The lowest BCUT2D eigenvalue weighted by atomic mass is 10.0. The van der Waals surface area contributed by atoms with Crippen LogP contribution in [0.15, 0.2) is 54.6 Å². The van der Waals surface area contributed by atoms with Crippen LogP contribution in [0.3, 0.4) is 0 Å². The normalized spacial score (nSPS) is 18.6. The highest BCUT2D eigenvalue weighted by Crippen LogP contribution is 2.35. The summed E-state index contributed by atoms with van der Waals surface area (Å²) in [6.07, 6.45) is 0.474. The van der Waals surface area contributed by atoms with Gasteiger partial charge in [-0.2, -0.15) is 0 Å². The number of fused-ring (bicyclic) bond motifs is 1. The Morgan fingerprint density at radius 1 is 1.02 bits per heavy atom. The molecule has 226 valence electrons. The molecule has 3 aliphatic heterocycles. The van der Waals surface area contributed by atoms with E-state index in [1.165, 1.54) is 11.0 Å². The zero-order valence-electron chi connectivity index (χ0n) is 24.3. The van der Waals surface area contributed by atoms with Gasteiger partial charge in [0.25, 0.3) is 5.91 Å². The van der Waals surface area contributed by atoms with Gasteiger partial charge in [0.05, 0.1) is 20.2 Å². The molecule has 3 aromatic carbocycles. The standard InChI is InChI=1S/C33H32FN5O5/c1-35-27-9-8-23(17-30(27)43-2)38-14-12-37(13-15-38)18-22-7-6-21(16-26(22)34)20-44-29-5-3-4-24-25(29)19-39(33(24)42)28-10-11-31(40)36-32(28)41/h3-9,16-17,28H,10-15,18-20H2,2H3,(H,36,40,41)/t28-/m0/s1. The third kappa shape index (κ3) is 5.81. The monoisotopic (exact) mass is 597 g/mol. The number of benzene rings is 3. The molecule has 0 aliphatic carbocycles. The highest BCUT2D eigenvalue weighted by Gasteiger charge is 2.40. The maximum Gasteiger partial charge on any atom is 0.255 e. The van der Waals surface area contributed by atoms with E-state index in [0.29, 0.717) is 46.0 Å². The molecule has 0 radical (unpaired) electrons. The molecule has 1 N–H and O–H groups in total. The van der Waals surface area contributed by atoms with E-state index in [1.807, 2.05) is 18.2 Å². The second-order valence-electron chi connectivity index (χ2n) is 11.1. The van der Waals surface area contributed by atoms with Crippen molar-refractivity contribution in [2.24, 2.45) is 0 Å². The fourth-order valence-corrected chi connectivity index (χ4v) is 6.02. The van der Waals surface area contributed by atoms with E-state index in [0.717, 1.165) is 31.9 Å². The number of carbonyl (C=O) groups excluding carboxylic acids is 3. The van der Waals surface area contributed by atoms with E-state index >= 15 is 4.39 Å². The number of imide groups is 1. The Bertz CT molecular complexity index is 1660. The van der Waals surface area contributed by atoms with Crippen molar-refractivity contribution in [3.05, 3.63) is 94.1 Å². The number of piperazine rings is 1. The number of anilines is 1. The average Bonchev–Trinajstić information content (AvgIpc) is 3.37. The number of rotatable bonds is 8. The molecule has 3 heterocycles. The Kier molecular flexibility index (Phi) is 8.17. The number of ether oxygens (including phenoxy) is 2. The van der Waals surface area contributed by atoms with E-state index in [4.69, 9.17) is 16.0 Å². The van der Waals surface area contributed by atoms with E-state index in [-0.39, 0.29) is 43.6 Å². The topological polar surface area (TPSA) is 95.8 Å². The van der Waals surface area contributed by atoms with E-state index in [2.05, 4.69) is 20.0 Å². The number of methoxy groups -OCH3 is 1. The number of halogens is 1. The van der Waals surface area contributed by atoms with Crippen molar-refractivity contribution in [2.75, 3.05) is 38.2 Å². The van der Waals surface area contributed by atoms with Gasteiger partial charge in [-0.1, -0.05) is 24.3 Å². The minimum atomic E-state index is -0.703. The fourth-order valence-electron chi connectivity index (χ4n) is 6.02. The van der Waals surface area contributed by atoms with Gasteiger partial charge in [-0.25, -0.2) is 9.24 Å². The summed E-state index contributed by atoms with van der Waals surface area (Å²) < 4.78 is 26.6. The molecular formula is C33H32FN5O5. The third-order valence-electron chi connectivity index (χ3n) is 8.47. The first-order valence-corrected chi connectivity index (χ1v) is 14.5. The number of nitrogens with one attached hydrogen (secondary N) is 1. The maximum atomic E-state index is 15.2. The third-order valence-corrected chi connectivity index (χ3v) is 8.47. The van der Waals surface area contributed by atoms with Crippen LogP contribution in [0.1, 0.15) is 39.9 Å². The van der Waals surface area contributed by atoms with Crippen molar-refractivity contribution in [3.8, 4) is 11.5 Å². The van der Waals surface area contributed by atoms with Crippen molar-refractivity contribution in [2.45, 2.75) is 38.6 Å². The smallest absolute Gasteiger partial charge is 0.255 e. The van der Waals surface area contributed by atoms with Gasteiger partial charge in [0.2, 0.25) is 17.5 Å². The van der Waals surface area contributed by atoms with Gasteiger partial charge in [0, 0.05) is 61.5 Å². The van der Waals surface area contributed by atoms with Crippen molar-refractivity contribution in [1.82, 2.24) is 15.1 Å². The van der Waals surface area contributed by atoms with Gasteiger partial charge in [-0.3, -0.25) is 24.6 Å². The second-order valence-corrected chi connectivity index (χ2v) is 11.1. The Morgan fingerprint density at radius 2 is 1.84 bits per heavy atom. The minimum Gasteiger partial charge on any atom is -0.508 e. The van der Waals surface area contributed by atoms with Crippen LogP contribution < -0.4 is 19.7 Å². The van der Waals surface area contributed by atoms with E-state index in [9.17, 15) is 14.4 Å². The SMILES string of the molecule is [C-]#[N+]c1ccc(N2CCN(Cc3ccc(COc4cccc5c4CN([C@H]4CCC(=O)NC4=O)C5=O)cc3F)CC2)cc1OC. The van der Waals surface area contributed by atoms with E-state index in [1.54, 1.807) is 37.4 Å². The quantitative estimate of drug-likeness (QED) is 0.309. The highest BCUT2D eigenvalue weighted by molar-refractivity contribution is 6.05. The van der Waals surface area contributed by atoms with Crippen molar-refractivity contribution < 1.29 is 28.2 Å². The number of hydrogen-bond acceptors (Lipinski definition) is 7. The first kappa shape index (κ1) is 29.1. The lowest BCUT2D eigenvalue weighted by molar-refractivity contribution is -0.136. The van der Waals surface area contributed by atoms with Crippen LogP contribution in [-0.4, -0.2) is 66.9 Å². The molecule has 2 saturated heterocycles. The molecule has 3 aliphatic rings. The first-order valence-electron chi connectivity index (χ1n) is 14.5. The van der Waals surface area contributed by atoms with Crippen molar-refractivity contribution in [3.63, 3.8) is 0 Å². The van der Waals surface area contributed by atoms with Gasteiger partial charge >= 0.3 is 0 Å². The minimum absolute atomic E-state index is 0.120. The lowest BCUT2D eigenvalue weighted by Crippen LogP contribution is -2.52. The largest absolute Gasteiger partial charge is 0.508 e.